The Balaban J connectivity index is 1.36. The fourth-order valence-corrected chi connectivity index (χ4v) is 5.85. The number of anilines is 1. The van der Waals surface area contributed by atoms with Crippen LogP contribution in [0, 0.1) is 5.92 Å². The second-order valence-corrected chi connectivity index (χ2v) is 10.9. The Morgan fingerprint density at radius 3 is 2.61 bits per heavy atom. The maximum absolute atomic E-state index is 13.0. The summed E-state index contributed by atoms with van der Waals surface area (Å²) in [4.78, 5) is 34.1. The lowest BCUT2D eigenvalue weighted by molar-refractivity contribution is -0.134. The minimum Gasteiger partial charge on any atom is -0.370 e. The van der Waals surface area contributed by atoms with Gasteiger partial charge in [0, 0.05) is 44.4 Å². The third-order valence-electron chi connectivity index (χ3n) is 7.42. The van der Waals surface area contributed by atoms with Crippen molar-refractivity contribution in [2.24, 2.45) is 29.4 Å². The van der Waals surface area contributed by atoms with E-state index < -0.39 is 6.04 Å². The zero-order valence-corrected chi connectivity index (χ0v) is 23.4. The minimum absolute atomic E-state index is 0.0399. The molecule has 1 aromatic heterocycles. The molecule has 0 bridgehead atoms. The van der Waals surface area contributed by atoms with Crippen LogP contribution in [0.4, 0.5) is 5.82 Å². The third-order valence-corrected chi connectivity index (χ3v) is 8.24. The topological polar surface area (TPSA) is 135 Å². The number of carbonyl (C=O) groups excluding carboxylic acids is 2. The number of aliphatic imine (C=N–C) groups is 1. The van der Waals surface area contributed by atoms with E-state index >= 15 is 0 Å². The molecule has 5 N–H and O–H groups in total. The zero-order chi connectivity index (χ0) is 27.4. The van der Waals surface area contributed by atoms with Crippen molar-refractivity contribution in [1.29, 1.82) is 0 Å². The van der Waals surface area contributed by atoms with Gasteiger partial charge in [-0.05, 0) is 31.7 Å². The van der Waals surface area contributed by atoms with Gasteiger partial charge in [0.1, 0.15) is 11.9 Å². The van der Waals surface area contributed by atoms with Crippen LogP contribution in [0.15, 0.2) is 29.3 Å². The highest BCUT2D eigenvalue weighted by molar-refractivity contribution is 6.43. The van der Waals surface area contributed by atoms with Gasteiger partial charge in [-0.3, -0.25) is 14.3 Å². The van der Waals surface area contributed by atoms with E-state index in [2.05, 4.69) is 27.2 Å². The smallest absolute Gasteiger partial charge is 0.245 e. The van der Waals surface area contributed by atoms with E-state index in [0.29, 0.717) is 29.7 Å². The van der Waals surface area contributed by atoms with Crippen LogP contribution in [0.5, 0.6) is 0 Å². The summed E-state index contributed by atoms with van der Waals surface area (Å²) in [6.07, 6.45) is 5.08. The number of aromatic nitrogens is 2. The van der Waals surface area contributed by atoms with Gasteiger partial charge in [-0.1, -0.05) is 54.6 Å². The first-order chi connectivity index (χ1) is 18.2. The Labute approximate surface area is 233 Å². The summed E-state index contributed by atoms with van der Waals surface area (Å²) in [6, 6.07) is 6.85. The first kappa shape index (κ1) is 28.0. The van der Waals surface area contributed by atoms with Gasteiger partial charge in [0.15, 0.2) is 5.96 Å². The highest BCUT2D eigenvalue weighted by Crippen LogP contribution is 2.35. The number of carbonyl (C=O) groups is 2. The number of benzene rings is 1. The van der Waals surface area contributed by atoms with Gasteiger partial charge in [0.25, 0.3) is 0 Å². The summed E-state index contributed by atoms with van der Waals surface area (Å²) in [5, 5.41) is 8.37. The van der Waals surface area contributed by atoms with Gasteiger partial charge in [0.05, 0.1) is 22.3 Å². The first-order valence-electron chi connectivity index (χ1n) is 13.0. The van der Waals surface area contributed by atoms with Crippen molar-refractivity contribution < 1.29 is 9.59 Å². The van der Waals surface area contributed by atoms with Crippen molar-refractivity contribution in [3.05, 3.63) is 34.3 Å². The van der Waals surface area contributed by atoms with Crippen LogP contribution in [0.25, 0.3) is 11.3 Å². The van der Waals surface area contributed by atoms with Gasteiger partial charge in [-0.2, -0.15) is 5.10 Å². The first-order valence-corrected chi connectivity index (χ1v) is 13.8. The molecule has 12 heteroatoms. The molecule has 0 radical (unpaired) electrons. The van der Waals surface area contributed by atoms with E-state index in [4.69, 9.17) is 34.7 Å². The Bertz CT molecular complexity index is 1190. The second kappa shape index (κ2) is 12.3. The third kappa shape index (κ3) is 6.35. The molecule has 4 rings (SSSR count). The highest BCUT2D eigenvalue weighted by atomic mass is 35.5. The lowest BCUT2D eigenvalue weighted by atomic mass is 9.83. The predicted octanol–water partition coefficient (Wildman–Crippen LogP) is 2.77. The molecule has 38 heavy (non-hydrogen) atoms. The van der Waals surface area contributed by atoms with E-state index in [9.17, 15) is 9.59 Å². The largest absolute Gasteiger partial charge is 0.370 e. The molecule has 2 aliphatic rings. The molecule has 0 spiro atoms. The van der Waals surface area contributed by atoms with Crippen molar-refractivity contribution in [2.75, 3.05) is 31.1 Å². The number of hydrogen-bond donors (Lipinski definition) is 3. The fourth-order valence-electron chi connectivity index (χ4n) is 5.45. The molecule has 2 heterocycles. The molecule has 1 aliphatic heterocycles. The average Bonchev–Trinajstić information content (AvgIpc) is 3.28. The van der Waals surface area contributed by atoms with Crippen molar-refractivity contribution in [2.45, 2.75) is 51.1 Å². The van der Waals surface area contributed by atoms with Gasteiger partial charge in [-0.15, -0.1) is 0 Å². The van der Waals surface area contributed by atoms with Crippen LogP contribution in [0.3, 0.4) is 0 Å². The Morgan fingerprint density at radius 2 is 1.92 bits per heavy atom. The molecule has 1 aromatic carbocycles. The number of aryl methyl sites for hydroxylation is 1. The van der Waals surface area contributed by atoms with E-state index in [0.717, 1.165) is 49.2 Å². The number of rotatable bonds is 7. The molecule has 1 unspecified atom stereocenters. The van der Waals surface area contributed by atoms with Crippen LogP contribution < -0.4 is 21.7 Å². The molecule has 2 aromatic rings. The summed E-state index contributed by atoms with van der Waals surface area (Å²) in [5.41, 5.74) is 12.7. The molecule has 2 atom stereocenters. The van der Waals surface area contributed by atoms with Crippen LogP contribution in [-0.2, 0) is 16.6 Å². The minimum atomic E-state index is -0.657. The van der Waals surface area contributed by atoms with Crippen LogP contribution in [0.1, 0.15) is 39.0 Å². The Morgan fingerprint density at radius 1 is 1.18 bits per heavy atom. The normalized spacial score (nSPS) is 19.2. The van der Waals surface area contributed by atoms with Gasteiger partial charge in [0.2, 0.25) is 11.8 Å². The number of hydrogen-bond acceptors (Lipinski definition) is 5. The van der Waals surface area contributed by atoms with E-state index in [1.165, 1.54) is 0 Å². The molecule has 1 aliphatic carbocycles. The summed E-state index contributed by atoms with van der Waals surface area (Å²) >= 11 is 12.6. The average molecular weight is 564 g/mol. The van der Waals surface area contributed by atoms with Gasteiger partial charge in [-0.25, -0.2) is 4.99 Å². The lowest BCUT2D eigenvalue weighted by Crippen LogP contribution is -2.56. The van der Waals surface area contributed by atoms with E-state index in [-0.39, 0.29) is 36.3 Å². The van der Waals surface area contributed by atoms with Crippen molar-refractivity contribution in [1.82, 2.24) is 20.0 Å². The predicted molar refractivity (Wildman–Crippen MR) is 151 cm³/mol. The van der Waals surface area contributed by atoms with Crippen molar-refractivity contribution in [3.63, 3.8) is 0 Å². The molecule has 2 amide bonds. The van der Waals surface area contributed by atoms with Crippen LogP contribution >= 0.6 is 23.2 Å². The molecule has 1 saturated heterocycles. The molecular formula is C26H36Cl2N8O2. The quantitative estimate of drug-likeness (QED) is 0.350. The molecule has 2 fully saturated rings. The molecule has 1 saturated carbocycles. The summed E-state index contributed by atoms with van der Waals surface area (Å²) in [6.45, 7) is 3.65. The number of amides is 2. The Hall–Kier alpha value is -2.98. The summed E-state index contributed by atoms with van der Waals surface area (Å²) in [7, 11) is 1.89. The van der Waals surface area contributed by atoms with Crippen LogP contribution in [-0.4, -0.2) is 70.7 Å². The number of nitrogens with one attached hydrogen (secondary N) is 1. The molecule has 206 valence electrons. The number of nitrogens with two attached hydrogens (primary N) is 2. The summed E-state index contributed by atoms with van der Waals surface area (Å²) in [5.74, 6) is 0.482. The summed E-state index contributed by atoms with van der Waals surface area (Å²) < 4.78 is 1.82. The number of piperazine rings is 1. The fraction of sp³-hybridized carbons (Fsp3) is 0.538. The van der Waals surface area contributed by atoms with Crippen molar-refractivity contribution in [3.8, 4) is 11.3 Å². The van der Waals surface area contributed by atoms with Crippen molar-refractivity contribution >= 4 is 46.8 Å². The SMILES string of the molecule is CC1CN(C(=O)CNC(=O)[C@H](N=C(N)N)C2CCCCC2)CCN1c1cc(-c2cccc(Cl)c2Cl)nn1C. The van der Waals surface area contributed by atoms with Gasteiger partial charge >= 0.3 is 0 Å². The van der Waals surface area contributed by atoms with E-state index in [1.807, 2.05) is 29.9 Å². The lowest BCUT2D eigenvalue weighted by Gasteiger charge is -2.41. The number of nitrogens with zero attached hydrogens (tertiary/aromatic N) is 5. The molecule has 10 nitrogen and oxygen atoms in total. The Kier molecular flexibility index (Phi) is 9.04. The zero-order valence-electron chi connectivity index (χ0n) is 21.9. The monoisotopic (exact) mass is 562 g/mol. The highest BCUT2D eigenvalue weighted by Gasteiger charge is 2.32. The maximum Gasteiger partial charge on any atom is 0.245 e. The van der Waals surface area contributed by atoms with Gasteiger partial charge < -0.3 is 26.6 Å². The number of guanidine groups is 1. The molecular weight excluding hydrogens is 527 g/mol. The standard InChI is InChI=1S/C26H36Cl2N8O2/c1-16-15-35(22(37)14-31-25(38)24(32-26(29)30)17-7-4-3-5-8-17)11-12-36(16)21-13-20(33-34(21)2)18-9-6-10-19(27)23(18)28/h6,9-10,13,16-17,24H,3-5,7-8,11-12,14-15H2,1-2H3,(H,31,38)(H4,29,30,32)/t16?,24-/m1/s1. The number of halogens is 2. The second-order valence-electron chi connectivity index (χ2n) is 10.1. The maximum atomic E-state index is 13.0. The van der Waals surface area contributed by atoms with E-state index in [1.54, 1.807) is 11.0 Å². The van der Waals surface area contributed by atoms with Crippen LogP contribution in [0.2, 0.25) is 10.0 Å².